The Morgan fingerprint density at radius 3 is 2.90 bits per heavy atom. The van der Waals surface area contributed by atoms with Gasteiger partial charge in [0.1, 0.15) is 11.7 Å². The minimum Gasteiger partial charge on any atom is -0.490 e. The molecule has 8 heteroatoms. The van der Waals surface area contributed by atoms with Crippen LogP contribution in [0.2, 0.25) is 0 Å². The summed E-state index contributed by atoms with van der Waals surface area (Å²) in [5.74, 6) is 1.84. The van der Waals surface area contributed by atoms with Crippen LogP contribution < -0.4 is 9.47 Å². The highest BCUT2D eigenvalue weighted by Crippen LogP contribution is 2.33. The van der Waals surface area contributed by atoms with Crippen molar-refractivity contribution in [1.29, 1.82) is 0 Å². The molecule has 0 bridgehead atoms. The predicted octanol–water partition coefficient (Wildman–Crippen LogP) is 3.58. The third kappa shape index (κ3) is 4.27. The number of ether oxygens (including phenoxy) is 2. The number of hydrogen-bond acceptors (Lipinski definition) is 7. The first-order chi connectivity index (χ1) is 14.7. The van der Waals surface area contributed by atoms with Gasteiger partial charge in [0.15, 0.2) is 18.1 Å². The standard InChI is InChI=1S/C22H24N4O4/c1-3-28-19-13-15(2)9-10-18(19)29-14-20(27)26-12-6-8-17(26)22-25-24-21(30-22)16-7-4-5-11-23-16/h4-5,7,9-11,13,17H,3,6,8,12,14H2,1-2H3/t17-/m0/s1. The third-order valence-electron chi connectivity index (χ3n) is 4.93. The Kier molecular flexibility index (Phi) is 5.92. The third-order valence-corrected chi connectivity index (χ3v) is 4.93. The van der Waals surface area contributed by atoms with Gasteiger partial charge in [0.2, 0.25) is 5.89 Å². The van der Waals surface area contributed by atoms with E-state index in [1.165, 1.54) is 0 Å². The fraction of sp³-hybridized carbons (Fsp3) is 0.364. The summed E-state index contributed by atoms with van der Waals surface area (Å²) in [7, 11) is 0. The molecule has 3 heterocycles. The molecule has 8 nitrogen and oxygen atoms in total. The Labute approximate surface area is 174 Å². The summed E-state index contributed by atoms with van der Waals surface area (Å²) in [4.78, 5) is 18.8. The van der Waals surface area contributed by atoms with Crippen molar-refractivity contribution in [3.05, 3.63) is 54.0 Å². The van der Waals surface area contributed by atoms with Crippen LogP contribution in [0.15, 0.2) is 47.0 Å². The van der Waals surface area contributed by atoms with Crippen LogP contribution in [-0.2, 0) is 4.79 Å². The van der Waals surface area contributed by atoms with Crippen molar-refractivity contribution in [2.75, 3.05) is 19.8 Å². The lowest BCUT2D eigenvalue weighted by molar-refractivity contribution is -0.134. The van der Waals surface area contributed by atoms with Crippen molar-refractivity contribution in [1.82, 2.24) is 20.1 Å². The van der Waals surface area contributed by atoms with Crippen LogP contribution in [0, 0.1) is 6.92 Å². The summed E-state index contributed by atoms with van der Waals surface area (Å²) in [5.41, 5.74) is 1.68. The quantitative estimate of drug-likeness (QED) is 0.590. The molecule has 2 aromatic heterocycles. The Hall–Kier alpha value is -3.42. The van der Waals surface area contributed by atoms with Crippen molar-refractivity contribution in [3.8, 4) is 23.1 Å². The maximum absolute atomic E-state index is 12.9. The minimum absolute atomic E-state index is 0.0825. The molecule has 0 radical (unpaired) electrons. The van der Waals surface area contributed by atoms with Gasteiger partial charge in [0.25, 0.3) is 11.8 Å². The monoisotopic (exact) mass is 408 g/mol. The van der Waals surface area contributed by atoms with E-state index in [9.17, 15) is 4.79 Å². The number of aryl methyl sites for hydroxylation is 1. The van der Waals surface area contributed by atoms with Crippen LogP contribution >= 0.6 is 0 Å². The van der Waals surface area contributed by atoms with E-state index in [1.54, 1.807) is 17.2 Å². The minimum atomic E-state index is -0.254. The molecular formula is C22H24N4O4. The summed E-state index contributed by atoms with van der Waals surface area (Å²) < 4.78 is 17.2. The predicted molar refractivity (Wildman–Crippen MR) is 109 cm³/mol. The van der Waals surface area contributed by atoms with E-state index in [1.807, 2.05) is 44.2 Å². The molecule has 0 saturated carbocycles. The smallest absolute Gasteiger partial charge is 0.266 e. The highest BCUT2D eigenvalue weighted by Gasteiger charge is 2.34. The average molecular weight is 408 g/mol. The number of carbonyl (C=O) groups excluding carboxylic acids is 1. The highest BCUT2D eigenvalue weighted by molar-refractivity contribution is 5.78. The maximum Gasteiger partial charge on any atom is 0.266 e. The summed E-state index contributed by atoms with van der Waals surface area (Å²) >= 11 is 0. The van der Waals surface area contributed by atoms with Crippen molar-refractivity contribution in [2.45, 2.75) is 32.7 Å². The SMILES string of the molecule is CCOc1cc(C)ccc1OCC(=O)N1CCC[C@H]1c1nnc(-c2ccccn2)o1. The van der Waals surface area contributed by atoms with Crippen molar-refractivity contribution >= 4 is 5.91 Å². The van der Waals surface area contributed by atoms with Gasteiger partial charge in [-0.1, -0.05) is 12.1 Å². The number of carbonyl (C=O) groups is 1. The van der Waals surface area contributed by atoms with Gasteiger partial charge in [0, 0.05) is 12.7 Å². The Morgan fingerprint density at radius 2 is 2.10 bits per heavy atom. The molecule has 0 N–H and O–H groups in total. The van der Waals surface area contributed by atoms with E-state index in [2.05, 4.69) is 15.2 Å². The molecule has 1 aliphatic heterocycles. The van der Waals surface area contributed by atoms with E-state index >= 15 is 0 Å². The normalized spacial score (nSPS) is 15.9. The molecule has 1 aliphatic rings. The molecule has 1 amide bonds. The number of pyridine rings is 1. The lowest BCUT2D eigenvalue weighted by Gasteiger charge is -2.22. The van der Waals surface area contributed by atoms with E-state index in [0.29, 0.717) is 42.1 Å². The van der Waals surface area contributed by atoms with Crippen molar-refractivity contribution in [2.24, 2.45) is 0 Å². The van der Waals surface area contributed by atoms with Gasteiger partial charge in [-0.15, -0.1) is 10.2 Å². The Morgan fingerprint density at radius 1 is 1.20 bits per heavy atom. The molecule has 4 rings (SSSR count). The van der Waals surface area contributed by atoms with Gasteiger partial charge in [0.05, 0.1) is 6.61 Å². The molecule has 0 aliphatic carbocycles. The lowest BCUT2D eigenvalue weighted by Crippen LogP contribution is -2.34. The van der Waals surface area contributed by atoms with Crippen LogP contribution in [-0.4, -0.2) is 45.7 Å². The molecular weight excluding hydrogens is 384 g/mol. The van der Waals surface area contributed by atoms with E-state index in [4.69, 9.17) is 13.9 Å². The number of aromatic nitrogens is 3. The fourth-order valence-corrected chi connectivity index (χ4v) is 3.51. The molecule has 1 aromatic carbocycles. The van der Waals surface area contributed by atoms with Gasteiger partial charge in [-0.2, -0.15) is 0 Å². The van der Waals surface area contributed by atoms with Crippen molar-refractivity contribution < 1.29 is 18.7 Å². The average Bonchev–Trinajstić information content (AvgIpc) is 3.43. The van der Waals surface area contributed by atoms with E-state index < -0.39 is 0 Å². The summed E-state index contributed by atoms with van der Waals surface area (Å²) in [6, 6.07) is 10.9. The molecule has 30 heavy (non-hydrogen) atoms. The van der Waals surface area contributed by atoms with Crippen LogP contribution in [0.25, 0.3) is 11.6 Å². The van der Waals surface area contributed by atoms with Crippen LogP contribution in [0.1, 0.15) is 37.3 Å². The zero-order valence-corrected chi connectivity index (χ0v) is 17.1. The zero-order chi connectivity index (χ0) is 20.9. The summed E-state index contributed by atoms with van der Waals surface area (Å²) in [6.07, 6.45) is 3.31. The van der Waals surface area contributed by atoms with Gasteiger partial charge in [-0.25, -0.2) is 0 Å². The first-order valence-corrected chi connectivity index (χ1v) is 10.1. The number of hydrogen-bond donors (Lipinski definition) is 0. The second kappa shape index (κ2) is 8.94. The zero-order valence-electron chi connectivity index (χ0n) is 17.1. The van der Waals surface area contributed by atoms with Gasteiger partial charge in [-0.05, 0) is 56.5 Å². The Balaban J connectivity index is 1.44. The molecule has 0 unspecified atom stereocenters. The summed E-state index contributed by atoms with van der Waals surface area (Å²) in [6.45, 7) is 4.96. The number of nitrogens with zero attached hydrogens (tertiary/aromatic N) is 4. The van der Waals surface area contributed by atoms with Gasteiger partial charge < -0.3 is 18.8 Å². The number of amides is 1. The van der Waals surface area contributed by atoms with Gasteiger partial charge in [-0.3, -0.25) is 9.78 Å². The highest BCUT2D eigenvalue weighted by atomic mass is 16.5. The van der Waals surface area contributed by atoms with Crippen LogP contribution in [0.4, 0.5) is 0 Å². The van der Waals surface area contributed by atoms with Crippen LogP contribution in [0.3, 0.4) is 0 Å². The van der Waals surface area contributed by atoms with E-state index in [0.717, 1.165) is 18.4 Å². The number of rotatable bonds is 7. The lowest BCUT2D eigenvalue weighted by atomic mass is 10.2. The Bertz CT molecular complexity index is 1010. The summed E-state index contributed by atoms with van der Waals surface area (Å²) in [5, 5.41) is 8.26. The molecule has 156 valence electrons. The fourth-order valence-electron chi connectivity index (χ4n) is 3.51. The van der Waals surface area contributed by atoms with Crippen LogP contribution in [0.5, 0.6) is 11.5 Å². The maximum atomic E-state index is 12.9. The van der Waals surface area contributed by atoms with Crippen molar-refractivity contribution in [3.63, 3.8) is 0 Å². The number of likely N-dealkylation sites (tertiary alicyclic amines) is 1. The molecule has 0 spiro atoms. The molecule has 3 aromatic rings. The largest absolute Gasteiger partial charge is 0.490 e. The van der Waals surface area contributed by atoms with Gasteiger partial charge >= 0.3 is 0 Å². The second-order valence-corrected chi connectivity index (χ2v) is 7.08. The molecule has 1 atom stereocenters. The second-order valence-electron chi connectivity index (χ2n) is 7.08. The molecule has 1 saturated heterocycles. The topological polar surface area (TPSA) is 90.6 Å². The molecule has 1 fully saturated rings. The first-order valence-electron chi connectivity index (χ1n) is 10.1. The first kappa shape index (κ1) is 19.9. The number of benzene rings is 1. The van der Waals surface area contributed by atoms with E-state index in [-0.39, 0.29) is 18.6 Å².